The van der Waals surface area contributed by atoms with Gasteiger partial charge in [-0.2, -0.15) is 0 Å². The van der Waals surface area contributed by atoms with E-state index >= 15 is 0 Å². The molecule has 1 aromatic carbocycles. The molecule has 3 heterocycles. The van der Waals surface area contributed by atoms with Crippen LogP contribution in [0.15, 0.2) is 59.7 Å². The molecule has 0 unspecified atom stereocenters. The SMILES string of the molecule is CCN1CCN(c2ccccc2NC(=O)c2cnc3ccccn3c2=O)CC1. The van der Waals surface area contributed by atoms with Crippen molar-refractivity contribution in [2.45, 2.75) is 6.92 Å². The number of carbonyl (C=O) groups is 1. The van der Waals surface area contributed by atoms with Crippen molar-refractivity contribution in [1.82, 2.24) is 14.3 Å². The first-order valence-corrected chi connectivity index (χ1v) is 9.51. The molecule has 7 nitrogen and oxygen atoms in total. The highest BCUT2D eigenvalue weighted by Gasteiger charge is 2.20. The Morgan fingerprint density at radius 1 is 1.07 bits per heavy atom. The Balaban J connectivity index is 1.59. The highest BCUT2D eigenvalue weighted by Crippen LogP contribution is 2.27. The molecule has 0 radical (unpaired) electrons. The van der Waals surface area contributed by atoms with Gasteiger partial charge in [0, 0.05) is 38.6 Å². The molecule has 0 saturated carbocycles. The zero-order valence-corrected chi connectivity index (χ0v) is 15.8. The summed E-state index contributed by atoms with van der Waals surface area (Å²) in [5.74, 6) is -0.449. The molecule has 0 atom stereocenters. The maximum absolute atomic E-state index is 12.8. The number of aromatic nitrogens is 2. The third-order valence-corrected chi connectivity index (χ3v) is 5.17. The minimum absolute atomic E-state index is 0.0225. The highest BCUT2D eigenvalue weighted by atomic mass is 16.2. The number of likely N-dealkylation sites (N-methyl/N-ethyl adjacent to an activating group) is 1. The molecular weight excluding hydrogens is 354 g/mol. The van der Waals surface area contributed by atoms with Crippen molar-refractivity contribution < 1.29 is 4.79 Å². The van der Waals surface area contributed by atoms with Crippen molar-refractivity contribution in [1.29, 1.82) is 0 Å². The van der Waals surface area contributed by atoms with E-state index in [4.69, 9.17) is 0 Å². The average Bonchev–Trinajstić information content (AvgIpc) is 2.74. The number of pyridine rings is 1. The second-order valence-corrected chi connectivity index (χ2v) is 6.80. The van der Waals surface area contributed by atoms with Crippen LogP contribution in [0.1, 0.15) is 17.3 Å². The Bertz CT molecular complexity index is 1050. The van der Waals surface area contributed by atoms with Crippen LogP contribution in [0.3, 0.4) is 0 Å². The van der Waals surface area contributed by atoms with E-state index in [2.05, 4.69) is 27.0 Å². The summed E-state index contributed by atoms with van der Waals surface area (Å²) >= 11 is 0. The van der Waals surface area contributed by atoms with Gasteiger partial charge in [0.2, 0.25) is 0 Å². The number of benzene rings is 1. The molecular formula is C21H23N5O2. The fourth-order valence-corrected chi connectivity index (χ4v) is 3.53. The minimum Gasteiger partial charge on any atom is -0.367 e. The van der Waals surface area contributed by atoms with Gasteiger partial charge in [0.15, 0.2) is 0 Å². The molecule has 144 valence electrons. The van der Waals surface area contributed by atoms with E-state index in [1.807, 2.05) is 24.3 Å². The normalized spacial score (nSPS) is 15.0. The van der Waals surface area contributed by atoms with Gasteiger partial charge < -0.3 is 15.1 Å². The van der Waals surface area contributed by atoms with Gasteiger partial charge >= 0.3 is 0 Å². The number of nitrogens with zero attached hydrogens (tertiary/aromatic N) is 4. The molecule has 1 amide bonds. The smallest absolute Gasteiger partial charge is 0.270 e. The van der Waals surface area contributed by atoms with Crippen molar-refractivity contribution >= 4 is 22.9 Å². The second kappa shape index (κ2) is 7.82. The summed E-state index contributed by atoms with van der Waals surface area (Å²) in [6, 6.07) is 13.0. The van der Waals surface area contributed by atoms with Gasteiger partial charge in [-0.25, -0.2) is 4.98 Å². The van der Waals surface area contributed by atoms with Crippen LogP contribution in [0.4, 0.5) is 11.4 Å². The average molecular weight is 377 g/mol. The quantitative estimate of drug-likeness (QED) is 0.754. The molecule has 7 heteroatoms. The van der Waals surface area contributed by atoms with Crippen molar-refractivity contribution in [2.24, 2.45) is 0 Å². The number of fused-ring (bicyclic) bond motifs is 1. The number of amides is 1. The minimum atomic E-state index is -0.449. The molecule has 4 rings (SSSR count). The maximum Gasteiger partial charge on any atom is 0.270 e. The third kappa shape index (κ3) is 3.48. The number of hydrogen-bond donors (Lipinski definition) is 1. The molecule has 3 aromatic rings. The van der Waals surface area contributed by atoms with E-state index in [0.717, 1.165) is 38.4 Å². The van der Waals surface area contributed by atoms with Crippen LogP contribution < -0.4 is 15.8 Å². The number of hydrogen-bond acceptors (Lipinski definition) is 5. The van der Waals surface area contributed by atoms with Crippen LogP contribution in [0.2, 0.25) is 0 Å². The van der Waals surface area contributed by atoms with Crippen LogP contribution >= 0.6 is 0 Å². The lowest BCUT2D eigenvalue weighted by Crippen LogP contribution is -2.46. The summed E-state index contributed by atoms with van der Waals surface area (Å²) < 4.78 is 1.38. The lowest BCUT2D eigenvalue weighted by atomic mass is 10.2. The van der Waals surface area contributed by atoms with E-state index in [1.54, 1.807) is 24.4 Å². The van der Waals surface area contributed by atoms with Crippen LogP contribution in [-0.2, 0) is 0 Å². The van der Waals surface area contributed by atoms with E-state index in [9.17, 15) is 9.59 Å². The Morgan fingerprint density at radius 3 is 2.61 bits per heavy atom. The fourth-order valence-electron chi connectivity index (χ4n) is 3.53. The summed E-state index contributed by atoms with van der Waals surface area (Å²) in [7, 11) is 0. The van der Waals surface area contributed by atoms with E-state index < -0.39 is 5.91 Å². The van der Waals surface area contributed by atoms with Gasteiger partial charge in [0.05, 0.1) is 11.4 Å². The summed E-state index contributed by atoms with van der Waals surface area (Å²) in [6.07, 6.45) is 2.96. The Kier molecular flexibility index (Phi) is 5.08. The zero-order valence-electron chi connectivity index (χ0n) is 15.8. The number of para-hydroxylation sites is 2. The number of carbonyl (C=O) groups excluding carboxylic acids is 1. The first kappa shape index (κ1) is 18.2. The molecule has 1 aliphatic heterocycles. The maximum atomic E-state index is 12.8. The number of piperazine rings is 1. The van der Waals surface area contributed by atoms with Crippen LogP contribution in [-0.4, -0.2) is 52.9 Å². The highest BCUT2D eigenvalue weighted by molar-refractivity contribution is 6.05. The van der Waals surface area contributed by atoms with Crippen LogP contribution in [0.25, 0.3) is 5.65 Å². The predicted molar refractivity (Wildman–Crippen MR) is 110 cm³/mol. The Morgan fingerprint density at radius 2 is 1.82 bits per heavy atom. The molecule has 0 bridgehead atoms. The Labute approximate surface area is 163 Å². The van der Waals surface area contributed by atoms with Crippen molar-refractivity contribution in [3.8, 4) is 0 Å². The standard InChI is InChI=1S/C21H23N5O2/c1-2-24-11-13-25(14-12-24)18-8-4-3-7-17(18)23-20(27)16-15-22-19-9-5-6-10-26(19)21(16)28/h3-10,15H,2,11-14H2,1H3,(H,23,27). The molecule has 1 saturated heterocycles. The molecule has 0 aliphatic carbocycles. The van der Waals surface area contributed by atoms with Gasteiger partial charge in [-0.05, 0) is 30.8 Å². The number of anilines is 2. The number of nitrogens with one attached hydrogen (secondary N) is 1. The van der Waals surface area contributed by atoms with E-state index in [0.29, 0.717) is 11.3 Å². The fraction of sp³-hybridized carbons (Fsp3) is 0.286. The van der Waals surface area contributed by atoms with Crippen molar-refractivity contribution in [3.05, 3.63) is 70.8 Å². The van der Waals surface area contributed by atoms with Gasteiger partial charge in [-0.15, -0.1) is 0 Å². The van der Waals surface area contributed by atoms with Gasteiger partial charge in [0.1, 0.15) is 11.2 Å². The molecule has 1 N–H and O–H groups in total. The predicted octanol–water partition coefficient (Wildman–Crippen LogP) is 2.09. The summed E-state index contributed by atoms with van der Waals surface area (Å²) in [6.45, 7) is 7.01. The monoisotopic (exact) mass is 377 g/mol. The van der Waals surface area contributed by atoms with Gasteiger partial charge in [-0.1, -0.05) is 25.1 Å². The van der Waals surface area contributed by atoms with Crippen LogP contribution in [0.5, 0.6) is 0 Å². The largest absolute Gasteiger partial charge is 0.367 e. The molecule has 0 spiro atoms. The molecule has 28 heavy (non-hydrogen) atoms. The first-order chi connectivity index (χ1) is 13.7. The lowest BCUT2D eigenvalue weighted by molar-refractivity contribution is 0.102. The van der Waals surface area contributed by atoms with E-state index in [-0.39, 0.29) is 11.1 Å². The molecule has 2 aromatic heterocycles. The zero-order chi connectivity index (χ0) is 19.5. The summed E-state index contributed by atoms with van der Waals surface area (Å²) in [4.78, 5) is 34.4. The van der Waals surface area contributed by atoms with Gasteiger partial charge in [-0.3, -0.25) is 14.0 Å². The lowest BCUT2D eigenvalue weighted by Gasteiger charge is -2.36. The topological polar surface area (TPSA) is 69.9 Å². The van der Waals surface area contributed by atoms with Crippen molar-refractivity contribution in [3.63, 3.8) is 0 Å². The van der Waals surface area contributed by atoms with Crippen LogP contribution in [0, 0.1) is 0 Å². The van der Waals surface area contributed by atoms with Gasteiger partial charge in [0.25, 0.3) is 11.5 Å². The van der Waals surface area contributed by atoms with E-state index in [1.165, 1.54) is 10.6 Å². The van der Waals surface area contributed by atoms with Crippen molar-refractivity contribution in [2.75, 3.05) is 42.9 Å². The third-order valence-electron chi connectivity index (χ3n) is 5.17. The second-order valence-electron chi connectivity index (χ2n) is 6.80. The number of rotatable bonds is 4. The first-order valence-electron chi connectivity index (χ1n) is 9.51. The molecule has 1 aliphatic rings. The summed E-state index contributed by atoms with van der Waals surface area (Å²) in [5.41, 5.74) is 1.83. The molecule has 1 fully saturated rings. The summed E-state index contributed by atoms with van der Waals surface area (Å²) in [5, 5.41) is 2.91. The Hall–Kier alpha value is -3.19.